The summed E-state index contributed by atoms with van der Waals surface area (Å²) in [5.41, 5.74) is 8.20. The van der Waals surface area contributed by atoms with Crippen molar-refractivity contribution in [3.05, 3.63) is 78.0 Å². The van der Waals surface area contributed by atoms with Gasteiger partial charge in [-0.05, 0) is 119 Å². The molecular weight excluding hydrogens is 772 g/mol. The van der Waals surface area contributed by atoms with Gasteiger partial charge in [0.1, 0.15) is 11.9 Å². The first-order chi connectivity index (χ1) is 26.8. The average Bonchev–Trinajstić information content (AvgIpc) is 3.64. The molecule has 57 heavy (non-hydrogen) atoms. The number of ether oxygens (including phenoxy) is 3. The minimum atomic E-state index is -5.08. The number of sulfone groups is 1. The summed E-state index contributed by atoms with van der Waals surface area (Å²) in [6, 6.07) is 16.0. The highest BCUT2D eigenvalue weighted by molar-refractivity contribution is 7.92. The molecule has 2 atom stereocenters. The third-order valence-corrected chi connectivity index (χ3v) is 11.0. The number of nitrogens with zero attached hydrogens (tertiary/aromatic N) is 2. The summed E-state index contributed by atoms with van der Waals surface area (Å²) >= 11 is 0. The van der Waals surface area contributed by atoms with Crippen LogP contribution in [0.5, 0.6) is 11.5 Å². The lowest BCUT2D eigenvalue weighted by molar-refractivity contribution is -0.192. The Morgan fingerprint density at radius 2 is 1.68 bits per heavy atom. The van der Waals surface area contributed by atoms with E-state index < -0.39 is 45.4 Å². The summed E-state index contributed by atoms with van der Waals surface area (Å²) in [6.07, 6.45) is -3.07. The highest BCUT2D eigenvalue weighted by atomic mass is 32.2. The van der Waals surface area contributed by atoms with E-state index in [0.717, 1.165) is 10.8 Å². The summed E-state index contributed by atoms with van der Waals surface area (Å²) in [6.45, 7) is 9.75. The molecule has 0 saturated carbocycles. The summed E-state index contributed by atoms with van der Waals surface area (Å²) in [7, 11) is -2.51. The number of hydrogen-bond acceptors (Lipinski definition) is 11. The first-order valence-corrected chi connectivity index (χ1v) is 19.5. The third-order valence-electron chi connectivity index (χ3n) is 8.82. The molecule has 1 aliphatic heterocycles. The Balaban J connectivity index is 0.000000940. The topological polar surface area (TPSA) is 199 Å². The van der Waals surface area contributed by atoms with E-state index in [4.69, 9.17) is 29.8 Å². The highest BCUT2D eigenvalue weighted by Crippen LogP contribution is 2.41. The van der Waals surface area contributed by atoms with Crippen molar-refractivity contribution in [2.75, 3.05) is 36.6 Å². The van der Waals surface area contributed by atoms with Crippen molar-refractivity contribution in [3.63, 3.8) is 0 Å². The fourth-order valence-electron chi connectivity index (χ4n) is 6.16. The molecule has 308 valence electrons. The summed E-state index contributed by atoms with van der Waals surface area (Å²) in [4.78, 5) is 41.9. The lowest BCUT2D eigenvalue weighted by Gasteiger charge is -2.32. The molecule has 18 heteroatoms. The van der Waals surface area contributed by atoms with E-state index >= 15 is 0 Å². The van der Waals surface area contributed by atoms with Crippen molar-refractivity contribution in [2.45, 2.75) is 82.0 Å². The Morgan fingerprint density at radius 3 is 2.30 bits per heavy atom. The number of anilines is 3. The highest BCUT2D eigenvalue weighted by Gasteiger charge is 2.39. The van der Waals surface area contributed by atoms with E-state index in [0.29, 0.717) is 65.8 Å². The van der Waals surface area contributed by atoms with Crippen LogP contribution in [0.3, 0.4) is 0 Å². The lowest BCUT2D eigenvalue weighted by atomic mass is 10.00. The number of methoxy groups -OCH3 is 1. The number of nitrogens with two attached hydrogens (primary N) is 1. The molecule has 5 N–H and O–H groups in total. The third kappa shape index (κ3) is 10.8. The van der Waals surface area contributed by atoms with Crippen LogP contribution in [0, 0.1) is 0 Å². The van der Waals surface area contributed by atoms with Crippen LogP contribution < -0.4 is 25.8 Å². The lowest BCUT2D eigenvalue weighted by Crippen LogP contribution is -2.38. The van der Waals surface area contributed by atoms with E-state index in [9.17, 15) is 31.2 Å². The molecule has 2 amide bonds. The van der Waals surface area contributed by atoms with Crippen LogP contribution in [0.4, 0.5) is 35.2 Å². The van der Waals surface area contributed by atoms with Gasteiger partial charge in [0.15, 0.2) is 21.3 Å². The number of rotatable bonds is 12. The average molecular weight is 818 g/mol. The van der Waals surface area contributed by atoms with E-state index in [1.54, 1.807) is 43.1 Å². The van der Waals surface area contributed by atoms with E-state index in [1.807, 2.05) is 51.1 Å². The number of carboxylic acid groups (broad SMARTS) is 1. The van der Waals surface area contributed by atoms with Gasteiger partial charge in [-0.3, -0.25) is 10.1 Å². The predicted octanol–water partition coefficient (Wildman–Crippen LogP) is 7.51. The number of carboxylic acids is 1. The van der Waals surface area contributed by atoms with Crippen LogP contribution in [0.15, 0.2) is 71.8 Å². The Morgan fingerprint density at radius 1 is 1.00 bits per heavy atom. The Labute approximate surface area is 328 Å². The zero-order valence-corrected chi connectivity index (χ0v) is 33.0. The van der Waals surface area contributed by atoms with Gasteiger partial charge in [-0.15, -0.1) is 0 Å². The maximum absolute atomic E-state index is 14.9. The van der Waals surface area contributed by atoms with E-state index in [1.165, 1.54) is 19.2 Å². The normalized spacial score (nSPS) is 14.8. The van der Waals surface area contributed by atoms with Crippen LogP contribution in [-0.4, -0.2) is 79.2 Å². The number of carbonyl (C=O) groups is 3. The molecule has 3 aromatic carbocycles. The maximum atomic E-state index is 14.9. The number of pyridine rings is 1. The number of fused-ring (bicyclic) bond motifs is 1. The van der Waals surface area contributed by atoms with Gasteiger partial charge in [0.05, 0.1) is 36.0 Å². The van der Waals surface area contributed by atoms with Gasteiger partial charge < -0.3 is 35.3 Å². The molecule has 0 unspecified atom stereocenters. The molecule has 0 radical (unpaired) electrons. The van der Waals surface area contributed by atoms with Crippen molar-refractivity contribution < 1.29 is 55.3 Å². The number of carbonyl (C=O) groups excluding carboxylic acids is 2. The summed E-state index contributed by atoms with van der Waals surface area (Å²) in [5, 5.41) is 14.1. The SMILES string of the molecule is CCOc1cc([C@@H](Nc2ccc3c(N)nccc3c2)C(=O)N2CCC[C@@H]2c2cc(NC(=O)OC)ccc2S(=O)(=O)C(C)C)ccc1OC(C)C.O=C(O)C(F)(F)F. The zero-order valence-electron chi connectivity index (χ0n) is 32.2. The van der Waals surface area contributed by atoms with Gasteiger partial charge in [-0.25, -0.2) is 23.0 Å². The van der Waals surface area contributed by atoms with Crippen molar-refractivity contribution in [1.82, 2.24) is 9.88 Å². The van der Waals surface area contributed by atoms with Gasteiger partial charge in [-0.2, -0.15) is 13.2 Å². The van der Waals surface area contributed by atoms with E-state index in [-0.39, 0.29) is 16.9 Å². The monoisotopic (exact) mass is 817 g/mol. The molecule has 1 aliphatic rings. The predicted molar refractivity (Wildman–Crippen MR) is 208 cm³/mol. The van der Waals surface area contributed by atoms with Gasteiger partial charge >= 0.3 is 18.2 Å². The number of hydrogen-bond donors (Lipinski definition) is 4. The first-order valence-electron chi connectivity index (χ1n) is 18.0. The summed E-state index contributed by atoms with van der Waals surface area (Å²) < 4.78 is 75.8. The van der Waals surface area contributed by atoms with Crippen molar-refractivity contribution in [3.8, 4) is 11.5 Å². The molecule has 0 spiro atoms. The van der Waals surface area contributed by atoms with Crippen LogP contribution in [0.1, 0.15) is 70.7 Å². The molecule has 4 aromatic rings. The number of alkyl halides is 3. The maximum Gasteiger partial charge on any atom is 0.490 e. The second-order valence-corrected chi connectivity index (χ2v) is 15.9. The van der Waals surface area contributed by atoms with Gasteiger partial charge in [-0.1, -0.05) is 6.07 Å². The summed E-state index contributed by atoms with van der Waals surface area (Å²) in [5.74, 6) is -1.56. The molecule has 0 bridgehead atoms. The standard InChI is InChI=1S/C37H45N5O7S.C2HF3O2/c1-7-48-32-20-25(10-14-31(32)49-22(2)3)34(40-26-11-13-28-24(19-26)16-17-39-35(28)38)36(43)42-18-8-9-30(42)29-21-27(41-37(44)47-6)12-15-33(29)50(45,46)23(4)5;3-2(4,5)1(6)7/h10-17,19-23,30,34,40H,7-9,18H2,1-6H3,(H2,38,39)(H,41,44);(H,6,7)/t30-,34-;/m1./s1. The quantitative estimate of drug-likeness (QED) is 0.110. The molecule has 0 aliphatic carbocycles. The molecule has 1 aromatic heterocycles. The number of amides is 2. The fourth-order valence-corrected chi connectivity index (χ4v) is 7.45. The van der Waals surface area contributed by atoms with Crippen LogP contribution in [0.25, 0.3) is 10.8 Å². The fraction of sp³-hybridized carbons (Fsp3) is 0.385. The van der Waals surface area contributed by atoms with Crippen LogP contribution >= 0.6 is 0 Å². The second-order valence-electron chi connectivity index (χ2n) is 13.5. The minimum absolute atomic E-state index is 0.0961. The van der Waals surface area contributed by atoms with Gasteiger partial charge in [0.25, 0.3) is 0 Å². The number of nitrogens with one attached hydrogen (secondary N) is 2. The van der Waals surface area contributed by atoms with Gasteiger partial charge in [0.2, 0.25) is 5.91 Å². The van der Waals surface area contributed by atoms with Crippen LogP contribution in [0.2, 0.25) is 0 Å². The molecule has 1 saturated heterocycles. The van der Waals surface area contributed by atoms with E-state index in [2.05, 4.69) is 15.6 Å². The number of likely N-dealkylation sites (tertiary alicyclic amines) is 1. The minimum Gasteiger partial charge on any atom is -0.490 e. The molecular formula is C39H46F3N5O9S. The largest absolute Gasteiger partial charge is 0.490 e. The molecule has 1 fully saturated rings. The van der Waals surface area contributed by atoms with Crippen molar-refractivity contribution in [1.29, 1.82) is 0 Å². The van der Waals surface area contributed by atoms with Crippen molar-refractivity contribution >= 4 is 55.8 Å². The van der Waals surface area contributed by atoms with Crippen molar-refractivity contribution in [2.24, 2.45) is 0 Å². The first kappa shape index (κ1) is 43.9. The number of aromatic nitrogens is 1. The zero-order chi connectivity index (χ0) is 42.2. The Kier molecular flexibility index (Phi) is 14.2. The second kappa shape index (κ2) is 18.4. The number of halogens is 3. The molecule has 14 nitrogen and oxygen atoms in total. The Bertz CT molecular complexity index is 2200. The Hall–Kier alpha value is -5.78. The smallest absolute Gasteiger partial charge is 0.490 e. The van der Waals surface area contributed by atoms with Gasteiger partial charge in [0, 0.05) is 29.5 Å². The molecule has 2 heterocycles. The number of aliphatic carboxylic acids is 1. The number of nitrogen functional groups attached to an aromatic ring is 1. The molecule has 5 rings (SSSR count). The van der Waals surface area contributed by atoms with Crippen LogP contribution in [-0.2, 0) is 24.2 Å². The number of benzene rings is 3.